The minimum absolute atomic E-state index is 0.0665. The molecule has 0 spiro atoms. The number of nitrogens with zero attached hydrogens (tertiary/aromatic N) is 1. The van der Waals surface area contributed by atoms with Crippen molar-refractivity contribution in [3.63, 3.8) is 0 Å². The average molecular weight is 383 g/mol. The van der Waals surface area contributed by atoms with Crippen LogP contribution in [0.1, 0.15) is 19.1 Å². The number of halogens is 2. The third-order valence-electron chi connectivity index (χ3n) is 3.59. The standard InChI is InChI=1S/C17H16Cl2N2O4/c1-17(23-6-7-24-17)9-16(22)21-20-10-12-3-5-15(25-12)11-2-4-13(18)14(19)8-11/h2-5,8,10H,6-7,9H2,1H3,(H,21,22)/b20-10-. The fraction of sp³-hybridized carbons (Fsp3) is 0.294. The van der Waals surface area contributed by atoms with Crippen molar-refractivity contribution in [3.05, 3.63) is 46.1 Å². The van der Waals surface area contributed by atoms with Gasteiger partial charge in [-0.2, -0.15) is 5.10 Å². The van der Waals surface area contributed by atoms with Gasteiger partial charge in [-0.15, -0.1) is 0 Å². The van der Waals surface area contributed by atoms with Gasteiger partial charge in [0, 0.05) is 5.56 Å². The summed E-state index contributed by atoms with van der Waals surface area (Å²) in [4.78, 5) is 11.8. The van der Waals surface area contributed by atoms with E-state index in [-0.39, 0.29) is 12.3 Å². The lowest BCUT2D eigenvalue weighted by Crippen LogP contribution is -2.33. The quantitative estimate of drug-likeness (QED) is 0.629. The Morgan fingerprint density at radius 1 is 1.24 bits per heavy atom. The van der Waals surface area contributed by atoms with E-state index in [4.69, 9.17) is 37.1 Å². The number of hydrogen-bond donors (Lipinski definition) is 1. The van der Waals surface area contributed by atoms with Crippen LogP contribution in [-0.2, 0) is 14.3 Å². The van der Waals surface area contributed by atoms with Crippen LogP contribution in [-0.4, -0.2) is 31.1 Å². The SMILES string of the molecule is CC1(CC(=O)N/N=C\c2ccc(-c3ccc(Cl)c(Cl)c3)o2)OCCO1. The number of ether oxygens (including phenoxy) is 2. The number of hydrogen-bond acceptors (Lipinski definition) is 5. The zero-order chi connectivity index (χ0) is 17.9. The van der Waals surface area contributed by atoms with Crippen LogP contribution in [0, 0.1) is 0 Å². The fourth-order valence-corrected chi connectivity index (χ4v) is 2.68. The lowest BCUT2D eigenvalue weighted by atomic mass is 10.2. The summed E-state index contributed by atoms with van der Waals surface area (Å²) < 4.78 is 16.4. The molecule has 1 aromatic heterocycles. The lowest BCUT2D eigenvalue weighted by molar-refractivity contribution is -0.159. The maximum absolute atomic E-state index is 11.8. The van der Waals surface area contributed by atoms with E-state index in [1.54, 1.807) is 37.3 Å². The number of benzene rings is 1. The second kappa shape index (κ2) is 7.58. The summed E-state index contributed by atoms with van der Waals surface area (Å²) in [6.45, 7) is 2.69. The second-order valence-electron chi connectivity index (χ2n) is 5.63. The highest BCUT2D eigenvalue weighted by Gasteiger charge is 2.33. The number of nitrogens with one attached hydrogen (secondary N) is 1. The molecule has 0 bridgehead atoms. The molecular formula is C17H16Cl2N2O4. The van der Waals surface area contributed by atoms with E-state index >= 15 is 0 Å². The van der Waals surface area contributed by atoms with Gasteiger partial charge in [0.05, 0.1) is 35.9 Å². The zero-order valence-electron chi connectivity index (χ0n) is 13.4. The van der Waals surface area contributed by atoms with E-state index in [9.17, 15) is 4.79 Å². The van der Waals surface area contributed by atoms with Gasteiger partial charge in [0.15, 0.2) is 5.79 Å². The minimum Gasteiger partial charge on any atom is -0.455 e. The van der Waals surface area contributed by atoms with Crippen molar-refractivity contribution in [2.75, 3.05) is 13.2 Å². The third-order valence-corrected chi connectivity index (χ3v) is 4.33. The number of hydrazone groups is 1. The molecule has 1 aromatic carbocycles. The Labute approximate surface area is 154 Å². The van der Waals surface area contributed by atoms with Crippen molar-refractivity contribution in [1.29, 1.82) is 0 Å². The molecule has 0 unspecified atom stereocenters. The molecule has 25 heavy (non-hydrogen) atoms. The van der Waals surface area contributed by atoms with Crippen LogP contribution in [0.3, 0.4) is 0 Å². The van der Waals surface area contributed by atoms with Gasteiger partial charge in [-0.1, -0.05) is 23.2 Å². The van der Waals surface area contributed by atoms with Gasteiger partial charge in [0.2, 0.25) is 5.91 Å². The summed E-state index contributed by atoms with van der Waals surface area (Å²) in [5.74, 6) is -0.0878. The van der Waals surface area contributed by atoms with Crippen molar-refractivity contribution in [2.45, 2.75) is 19.1 Å². The van der Waals surface area contributed by atoms with Crippen LogP contribution in [0.2, 0.25) is 10.0 Å². The maximum Gasteiger partial charge on any atom is 0.245 e. The van der Waals surface area contributed by atoms with Gasteiger partial charge < -0.3 is 13.9 Å². The molecule has 1 fully saturated rings. The van der Waals surface area contributed by atoms with Crippen LogP contribution in [0.5, 0.6) is 0 Å². The maximum atomic E-state index is 11.8. The molecule has 1 saturated heterocycles. The molecule has 132 valence electrons. The Bertz CT molecular complexity index is 798. The van der Waals surface area contributed by atoms with Crippen molar-refractivity contribution in [2.24, 2.45) is 5.10 Å². The number of furan rings is 1. The van der Waals surface area contributed by atoms with Crippen LogP contribution in [0.4, 0.5) is 0 Å². The highest BCUT2D eigenvalue weighted by molar-refractivity contribution is 6.42. The van der Waals surface area contributed by atoms with Gasteiger partial charge in [0.1, 0.15) is 11.5 Å². The molecule has 1 aliphatic rings. The number of amides is 1. The molecule has 2 heterocycles. The summed E-state index contributed by atoms with van der Waals surface area (Å²) in [5.41, 5.74) is 3.21. The van der Waals surface area contributed by atoms with Crippen LogP contribution >= 0.6 is 23.2 Å². The van der Waals surface area contributed by atoms with Gasteiger partial charge in [-0.25, -0.2) is 5.43 Å². The molecule has 0 radical (unpaired) electrons. The number of carbonyl (C=O) groups is 1. The van der Waals surface area contributed by atoms with Crippen LogP contribution in [0.15, 0.2) is 39.9 Å². The molecule has 3 rings (SSSR count). The molecule has 1 amide bonds. The Morgan fingerprint density at radius 3 is 2.72 bits per heavy atom. The van der Waals surface area contributed by atoms with Gasteiger partial charge in [0.25, 0.3) is 0 Å². The van der Waals surface area contributed by atoms with Gasteiger partial charge in [-0.05, 0) is 37.3 Å². The summed E-state index contributed by atoms with van der Waals surface area (Å²) in [6.07, 6.45) is 1.48. The van der Waals surface area contributed by atoms with Gasteiger partial charge in [-0.3, -0.25) is 4.79 Å². The second-order valence-corrected chi connectivity index (χ2v) is 6.45. The van der Waals surface area contributed by atoms with Gasteiger partial charge >= 0.3 is 0 Å². The van der Waals surface area contributed by atoms with E-state index in [2.05, 4.69) is 10.5 Å². The van der Waals surface area contributed by atoms with Crippen LogP contribution in [0.25, 0.3) is 11.3 Å². The molecule has 1 N–H and O–H groups in total. The van der Waals surface area contributed by atoms with E-state index < -0.39 is 5.79 Å². The lowest BCUT2D eigenvalue weighted by Gasteiger charge is -2.20. The molecule has 2 aromatic rings. The van der Waals surface area contributed by atoms with E-state index in [1.165, 1.54) is 6.21 Å². The molecule has 8 heteroatoms. The normalized spacial score (nSPS) is 16.4. The predicted octanol–water partition coefficient (Wildman–Crippen LogP) is 3.86. The van der Waals surface area contributed by atoms with Crippen molar-refractivity contribution < 1.29 is 18.7 Å². The molecule has 1 aliphatic heterocycles. The summed E-state index contributed by atoms with van der Waals surface area (Å²) >= 11 is 11.9. The summed E-state index contributed by atoms with van der Waals surface area (Å²) in [6, 6.07) is 8.73. The van der Waals surface area contributed by atoms with Crippen molar-refractivity contribution in [1.82, 2.24) is 5.43 Å². The first-order valence-corrected chi connectivity index (χ1v) is 8.36. The smallest absolute Gasteiger partial charge is 0.245 e. The molecule has 0 saturated carbocycles. The first kappa shape index (κ1) is 17.9. The fourth-order valence-electron chi connectivity index (χ4n) is 2.38. The molecule has 6 nitrogen and oxygen atoms in total. The third kappa shape index (κ3) is 4.61. The van der Waals surface area contributed by atoms with E-state index in [1.807, 2.05) is 0 Å². The predicted molar refractivity (Wildman–Crippen MR) is 94.8 cm³/mol. The Hall–Kier alpha value is -1.86. The Morgan fingerprint density at radius 2 is 2.00 bits per heavy atom. The molecule has 0 aliphatic carbocycles. The first-order valence-electron chi connectivity index (χ1n) is 7.60. The molecular weight excluding hydrogens is 367 g/mol. The number of carbonyl (C=O) groups excluding carboxylic acids is 1. The minimum atomic E-state index is -0.884. The first-order chi connectivity index (χ1) is 12.0. The van der Waals surface area contributed by atoms with E-state index in [0.717, 1.165) is 5.56 Å². The Balaban J connectivity index is 1.58. The average Bonchev–Trinajstić information content (AvgIpc) is 3.19. The largest absolute Gasteiger partial charge is 0.455 e. The van der Waals surface area contributed by atoms with E-state index in [0.29, 0.717) is 34.8 Å². The summed E-state index contributed by atoms with van der Waals surface area (Å²) in [7, 11) is 0. The van der Waals surface area contributed by atoms with Crippen molar-refractivity contribution in [3.8, 4) is 11.3 Å². The van der Waals surface area contributed by atoms with Crippen molar-refractivity contribution >= 4 is 35.3 Å². The topological polar surface area (TPSA) is 73.1 Å². The highest BCUT2D eigenvalue weighted by Crippen LogP contribution is 2.29. The molecule has 0 atom stereocenters. The monoisotopic (exact) mass is 382 g/mol. The highest BCUT2D eigenvalue weighted by atomic mass is 35.5. The van der Waals surface area contributed by atoms with Crippen LogP contribution < -0.4 is 5.43 Å². The Kier molecular flexibility index (Phi) is 5.44. The summed E-state index contributed by atoms with van der Waals surface area (Å²) in [5, 5.41) is 4.80. The zero-order valence-corrected chi connectivity index (χ0v) is 14.9. The number of rotatable bonds is 5.